The molecular formula is C26H27Cl2N3O4. The van der Waals surface area contributed by atoms with Crippen LogP contribution in [-0.2, 0) is 11.2 Å². The Morgan fingerprint density at radius 1 is 1.00 bits per heavy atom. The molecule has 7 nitrogen and oxygen atoms in total. The third-order valence-corrected chi connectivity index (χ3v) is 5.91. The lowest BCUT2D eigenvalue weighted by Gasteiger charge is -2.25. The number of phenolic OH excluding ortho intramolecular Hbond substituents is 1. The fourth-order valence-corrected chi connectivity index (χ4v) is 4.04. The Morgan fingerprint density at radius 3 is 2.26 bits per heavy atom. The van der Waals surface area contributed by atoms with Gasteiger partial charge in [-0.05, 0) is 49.6 Å². The fourth-order valence-electron chi connectivity index (χ4n) is 3.47. The van der Waals surface area contributed by atoms with Gasteiger partial charge in [-0.3, -0.25) is 9.59 Å². The van der Waals surface area contributed by atoms with Crippen LogP contribution >= 0.6 is 23.2 Å². The van der Waals surface area contributed by atoms with Crippen LogP contribution in [0.2, 0.25) is 10.0 Å². The first-order chi connectivity index (χ1) is 16.8. The van der Waals surface area contributed by atoms with Crippen LogP contribution in [0.15, 0.2) is 66.7 Å². The number of carbonyl (C=O) groups is 2. The minimum atomic E-state index is -1.01. The van der Waals surface area contributed by atoms with E-state index >= 15 is 0 Å². The predicted molar refractivity (Wildman–Crippen MR) is 138 cm³/mol. The molecule has 0 saturated heterocycles. The van der Waals surface area contributed by atoms with Crippen LogP contribution in [0.3, 0.4) is 0 Å². The summed E-state index contributed by atoms with van der Waals surface area (Å²) in [7, 11) is 0. The number of phenols is 1. The van der Waals surface area contributed by atoms with Crippen molar-refractivity contribution in [3.8, 4) is 11.5 Å². The van der Waals surface area contributed by atoms with Gasteiger partial charge in [0.2, 0.25) is 0 Å². The first kappa shape index (κ1) is 26.5. The number of hydrogen-bond acceptors (Lipinski definition) is 6. The van der Waals surface area contributed by atoms with Crippen molar-refractivity contribution in [2.45, 2.75) is 25.3 Å². The molecule has 0 heterocycles. The van der Waals surface area contributed by atoms with Gasteiger partial charge in [-0.2, -0.15) is 0 Å². The van der Waals surface area contributed by atoms with Crippen LogP contribution < -0.4 is 21.1 Å². The second kappa shape index (κ2) is 12.6. The maximum absolute atomic E-state index is 13.6. The minimum absolute atomic E-state index is 0.0259. The van der Waals surface area contributed by atoms with Crippen molar-refractivity contribution in [2.75, 3.05) is 18.1 Å². The highest BCUT2D eigenvalue weighted by molar-refractivity contribution is 6.39. The van der Waals surface area contributed by atoms with Gasteiger partial charge in [0.15, 0.2) is 11.5 Å². The zero-order chi connectivity index (χ0) is 25.4. The van der Waals surface area contributed by atoms with E-state index in [0.29, 0.717) is 18.7 Å². The topological polar surface area (TPSA) is 119 Å². The summed E-state index contributed by atoms with van der Waals surface area (Å²) in [6.45, 7) is 0.797. The van der Waals surface area contributed by atoms with E-state index in [1.807, 2.05) is 30.3 Å². The van der Waals surface area contributed by atoms with E-state index in [-0.39, 0.29) is 34.4 Å². The van der Waals surface area contributed by atoms with Crippen molar-refractivity contribution in [3.05, 3.63) is 87.9 Å². The maximum Gasteiger partial charge on any atom is 0.268 e. The lowest BCUT2D eigenvalue weighted by Crippen LogP contribution is -2.48. The number of nitrogens with zero attached hydrogens (tertiary/aromatic N) is 1. The van der Waals surface area contributed by atoms with Crippen LogP contribution in [0.25, 0.3) is 0 Å². The number of imide groups is 1. The van der Waals surface area contributed by atoms with Gasteiger partial charge in [0.05, 0.1) is 28.9 Å². The molecule has 35 heavy (non-hydrogen) atoms. The summed E-state index contributed by atoms with van der Waals surface area (Å²) in [6.07, 6.45) is 1.63. The molecule has 3 aromatic rings. The van der Waals surface area contributed by atoms with Gasteiger partial charge in [-0.1, -0.05) is 71.7 Å². The normalized spacial score (nSPS) is 11.7. The number of benzene rings is 3. The van der Waals surface area contributed by atoms with Gasteiger partial charge in [-0.25, -0.2) is 4.90 Å². The Kier molecular flexibility index (Phi) is 9.51. The van der Waals surface area contributed by atoms with E-state index < -0.39 is 23.6 Å². The van der Waals surface area contributed by atoms with Crippen LogP contribution in [0.4, 0.5) is 5.69 Å². The summed E-state index contributed by atoms with van der Waals surface area (Å²) < 4.78 is 5.59. The number of amides is 2. The number of rotatable bonds is 10. The standard InChI is InChI=1S/C26H27Cl2N3O4/c27-20-16-19(23(32)22(28)24(20)35-14-8-7-13-29)25(33)31(18-11-5-2-6-12-18)26(34)21(30)15-17-9-3-1-4-10-17/h1-6,9-12,16,21,32H,7-8,13-15,29-30H2/t21-/m0/s1. The van der Waals surface area contributed by atoms with Gasteiger partial charge in [-0.15, -0.1) is 0 Å². The quantitative estimate of drug-likeness (QED) is 0.340. The number of carbonyl (C=O) groups excluding carboxylic acids is 2. The highest BCUT2D eigenvalue weighted by Gasteiger charge is 2.32. The molecule has 0 aromatic heterocycles. The van der Waals surface area contributed by atoms with Crippen LogP contribution in [0.5, 0.6) is 11.5 Å². The number of halogens is 2. The number of aromatic hydroxyl groups is 1. The van der Waals surface area contributed by atoms with Gasteiger partial charge < -0.3 is 21.3 Å². The molecule has 0 aliphatic heterocycles. The van der Waals surface area contributed by atoms with Crippen molar-refractivity contribution in [1.29, 1.82) is 0 Å². The van der Waals surface area contributed by atoms with Crippen LogP contribution in [0.1, 0.15) is 28.8 Å². The molecule has 3 aromatic carbocycles. The SMILES string of the molecule is NCCCCOc1c(Cl)cc(C(=O)N(C(=O)[C@@H](N)Cc2ccccc2)c2ccccc2)c(O)c1Cl. The Morgan fingerprint density at radius 2 is 1.63 bits per heavy atom. The molecule has 0 fully saturated rings. The minimum Gasteiger partial charge on any atom is -0.505 e. The van der Waals surface area contributed by atoms with Crippen molar-refractivity contribution < 1.29 is 19.4 Å². The van der Waals surface area contributed by atoms with E-state index in [1.54, 1.807) is 30.3 Å². The molecule has 0 bridgehead atoms. The van der Waals surface area contributed by atoms with Crippen molar-refractivity contribution in [2.24, 2.45) is 11.5 Å². The van der Waals surface area contributed by atoms with Crippen LogP contribution in [0, 0.1) is 0 Å². The number of unbranched alkanes of at least 4 members (excludes halogenated alkanes) is 1. The van der Waals surface area contributed by atoms with Crippen LogP contribution in [-0.4, -0.2) is 36.1 Å². The van der Waals surface area contributed by atoms with Crippen molar-refractivity contribution in [3.63, 3.8) is 0 Å². The molecule has 1 atom stereocenters. The van der Waals surface area contributed by atoms with Gasteiger partial charge >= 0.3 is 0 Å². The first-order valence-electron chi connectivity index (χ1n) is 11.1. The van der Waals surface area contributed by atoms with Crippen molar-refractivity contribution in [1.82, 2.24) is 0 Å². The largest absolute Gasteiger partial charge is 0.505 e. The molecule has 2 amide bonds. The highest BCUT2D eigenvalue weighted by atomic mass is 35.5. The summed E-state index contributed by atoms with van der Waals surface area (Å²) in [5.41, 5.74) is 12.6. The summed E-state index contributed by atoms with van der Waals surface area (Å²) >= 11 is 12.6. The molecule has 184 valence electrons. The second-order valence-corrected chi connectivity index (χ2v) is 8.64. The number of hydrogen-bond donors (Lipinski definition) is 3. The van der Waals surface area contributed by atoms with E-state index in [2.05, 4.69) is 0 Å². The molecule has 0 aliphatic carbocycles. The smallest absolute Gasteiger partial charge is 0.268 e. The molecule has 0 unspecified atom stereocenters. The summed E-state index contributed by atoms with van der Waals surface area (Å²) in [5.74, 6) is -1.95. The second-order valence-electron chi connectivity index (χ2n) is 7.85. The third kappa shape index (κ3) is 6.52. The molecule has 9 heteroatoms. The van der Waals surface area contributed by atoms with Gasteiger partial charge in [0, 0.05) is 0 Å². The Bertz CT molecular complexity index is 1160. The van der Waals surface area contributed by atoms with E-state index in [4.69, 9.17) is 39.4 Å². The monoisotopic (exact) mass is 515 g/mol. The highest BCUT2D eigenvalue weighted by Crippen LogP contribution is 2.42. The third-order valence-electron chi connectivity index (χ3n) is 5.28. The van der Waals surface area contributed by atoms with E-state index in [1.165, 1.54) is 6.07 Å². The molecule has 0 radical (unpaired) electrons. The van der Waals surface area contributed by atoms with Gasteiger partial charge in [0.1, 0.15) is 5.02 Å². The molecular weight excluding hydrogens is 489 g/mol. The lowest BCUT2D eigenvalue weighted by atomic mass is 10.0. The number of nitrogens with two attached hydrogens (primary N) is 2. The van der Waals surface area contributed by atoms with E-state index in [0.717, 1.165) is 16.9 Å². The summed E-state index contributed by atoms with van der Waals surface area (Å²) in [4.78, 5) is 27.9. The zero-order valence-corrected chi connectivity index (χ0v) is 20.5. The van der Waals surface area contributed by atoms with E-state index in [9.17, 15) is 14.7 Å². The predicted octanol–water partition coefficient (Wildman–Crippen LogP) is 4.56. The average Bonchev–Trinajstić information content (AvgIpc) is 2.87. The summed E-state index contributed by atoms with van der Waals surface area (Å²) in [5, 5.41) is 10.6. The number of anilines is 1. The molecule has 0 spiro atoms. The van der Waals surface area contributed by atoms with Crippen molar-refractivity contribution >= 4 is 40.7 Å². The fraction of sp³-hybridized carbons (Fsp3) is 0.231. The lowest BCUT2D eigenvalue weighted by molar-refractivity contribution is -0.119. The number of ether oxygens (including phenoxy) is 1. The number of para-hydroxylation sites is 1. The Labute approximate surface area is 214 Å². The molecule has 3 rings (SSSR count). The zero-order valence-electron chi connectivity index (χ0n) is 19.0. The summed E-state index contributed by atoms with van der Waals surface area (Å²) in [6, 6.07) is 17.8. The Hall–Kier alpha value is -3.10. The first-order valence-corrected chi connectivity index (χ1v) is 11.9. The van der Waals surface area contributed by atoms with Gasteiger partial charge in [0.25, 0.3) is 11.8 Å². The maximum atomic E-state index is 13.6. The molecule has 0 aliphatic rings. The molecule has 5 N–H and O–H groups in total. The molecule has 0 saturated carbocycles. The Balaban J connectivity index is 1.94. The average molecular weight is 516 g/mol.